The van der Waals surface area contributed by atoms with Crippen molar-refractivity contribution in [2.45, 2.75) is 102 Å². The predicted octanol–water partition coefficient (Wildman–Crippen LogP) is 3.02. The molecule has 0 aromatic heterocycles. The number of carbonyl (C=O) groups excluding carboxylic acids is 5. The summed E-state index contributed by atoms with van der Waals surface area (Å²) in [7, 11) is -3.92. The minimum Gasteiger partial charge on any atom is -0.460 e. The zero-order valence-corrected chi connectivity index (χ0v) is 28.4. The van der Waals surface area contributed by atoms with Gasteiger partial charge in [0.2, 0.25) is 21.8 Å². The van der Waals surface area contributed by atoms with Gasteiger partial charge in [-0.2, -0.15) is 0 Å². The van der Waals surface area contributed by atoms with E-state index in [1.165, 1.54) is 23.1 Å². The summed E-state index contributed by atoms with van der Waals surface area (Å²) in [4.78, 5) is 68.5. The van der Waals surface area contributed by atoms with Crippen molar-refractivity contribution in [3.8, 4) is 0 Å². The lowest BCUT2D eigenvalue weighted by molar-refractivity contribution is -0.161. The van der Waals surface area contributed by atoms with Crippen LogP contribution < -0.4 is 10.0 Å². The van der Waals surface area contributed by atoms with Crippen LogP contribution in [0.15, 0.2) is 36.9 Å². The van der Waals surface area contributed by atoms with Crippen LogP contribution in [-0.2, 0) is 38.7 Å². The minimum absolute atomic E-state index is 0.0639. The van der Waals surface area contributed by atoms with Gasteiger partial charge in [-0.1, -0.05) is 26.8 Å². The van der Waals surface area contributed by atoms with Gasteiger partial charge in [0, 0.05) is 12.3 Å². The number of hydrogen-bond donors (Lipinski definition) is 2. The van der Waals surface area contributed by atoms with Crippen molar-refractivity contribution >= 4 is 39.7 Å². The van der Waals surface area contributed by atoms with Crippen molar-refractivity contribution in [2.75, 3.05) is 6.54 Å². The molecule has 0 spiro atoms. The van der Waals surface area contributed by atoms with Gasteiger partial charge in [-0.3, -0.25) is 23.9 Å². The summed E-state index contributed by atoms with van der Waals surface area (Å²) in [6.45, 7) is 13.9. The van der Waals surface area contributed by atoms with Crippen LogP contribution in [0.25, 0.3) is 0 Å². The van der Waals surface area contributed by atoms with Gasteiger partial charge in [0.1, 0.15) is 29.1 Å². The summed E-state index contributed by atoms with van der Waals surface area (Å²) < 4.78 is 51.7. The average Bonchev–Trinajstić information content (AvgIpc) is 3.87. The molecule has 2 saturated carbocycles. The predicted molar refractivity (Wildman–Crippen MR) is 168 cm³/mol. The van der Waals surface area contributed by atoms with Crippen LogP contribution >= 0.6 is 0 Å². The molecule has 5 atom stereocenters. The Hall–Kier alpha value is -3.81. The van der Waals surface area contributed by atoms with E-state index in [9.17, 15) is 36.8 Å². The topological polar surface area (TPSA) is 165 Å². The molecule has 0 radical (unpaired) electrons. The summed E-state index contributed by atoms with van der Waals surface area (Å²) in [5.74, 6) is -5.66. The number of benzene rings is 1. The fraction of sp³-hybridized carbons (Fsp3) is 0.606. The molecule has 1 aromatic carbocycles. The van der Waals surface area contributed by atoms with Crippen molar-refractivity contribution in [3.05, 3.63) is 48.3 Å². The van der Waals surface area contributed by atoms with E-state index in [4.69, 9.17) is 9.47 Å². The maximum absolute atomic E-state index is 14.2. The summed E-state index contributed by atoms with van der Waals surface area (Å²) in [6.07, 6.45) is 1.01. The van der Waals surface area contributed by atoms with E-state index in [2.05, 4.69) is 16.6 Å². The molecule has 12 nitrogen and oxygen atoms in total. The van der Waals surface area contributed by atoms with Crippen LogP contribution in [0.4, 0.5) is 4.39 Å². The fourth-order valence-electron chi connectivity index (χ4n) is 5.71. The van der Waals surface area contributed by atoms with Crippen LogP contribution in [0, 0.1) is 23.1 Å². The maximum Gasteiger partial charge on any atom is 0.338 e. The highest BCUT2D eigenvalue weighted by atomic mass is 32.2. The number of esters is 2. The molecule has 3 aliphatic rings. The molecule has 1 aromatic rings. The molecule has 258 valence electrons. The maximum atomic E-state index is 14.2. The number of hydrogen-bond acceptors (Lipinski definition) is 9. The fourth-order valence-corrected chi connectivity index (χ4v) is 7.08. The lowest BCUT2D eigenvalue weighted by Crippen LogP contribution is -2.57. The number of nitrogens with one attached hydrogen (secondary N) is 2. The van der Waals surface area contributed by atoms with Crippen molar-refractivity contribution in [1.29, 1.82) is 0 Å². The van der Waals surface area contributed by atoms with Crippen LogP contribution in [0.5, 0.6) is 0 Å². The summed E-state index contributed by atoms with van der Waals surface area (Å²) >= 11 is 0. The Morgan fingerprint density at radius 2 is 1.70 bits per heavy atom. The lowest BCUT2D eigenvalue weighted by atomic mass is 9.77. The Morgan fingerprint density at radius 3 is 2.21 bits per heavy atom. The number of halogens is 1. The lowest BCUT2D eigenvalue weighted by Gasteiger charge is -2.35. The van der Waals surface area contributed by atoms with Crippen LogP contribution in [-0.4, -0.2) is 78.1 Å². The molecule has 3 amide bonds. The first-order valence-corrected chi connectivity index (χ1v) is 17.2. The molecular formula is C33H44FN3O9S. The summed E-state index contributed by atoms with van der Waals surface area (Å²) in [6, 6.07) is 3.45. The number of amides is 3. The number of ether oxygens (including phenoxy) is 2. The van der Waals surface area contributed by atoms with Gasteiger partial charge in [-0.05, 0) is 69.7 Å². The number of rotatable bonds is 11. The first kappa shape index (κ1) is 36.0. The van der Waals surface area contributed by atoms with Crippen LogP contribution in [0.1, 0.15) is 84.0 Å². The molecule has 2 aliphatic carbocycles. The number of carbonyl (C=O) groups is 5. The smallest absolute Gasteiger partial charge is 0.338 e. The van der Waals surface area contributed by atoms with Crippen molar-refractivity contribution < 1.29 is 46.3 Å². The highest BCUT2D eigenvalue weighted by molar-refractivity contribution is 7.91. The number of sulfonamides is 1. The third-order valence-electron chi connectivity index (χ3n) is 8.59. The zero-order valence-electron chi connectivity index (χ0n) is 27.6. The van der Waals surface area contributed by atoms with Gasteiger partial charge in [-0.15, -0.1) is 6.58 Å². The number of nitrogens with zero attached hydrogens (tertiary/aromatic N) is 1. The van der Waals surface area contributed by atoms with E-state index in [1.54, 1.807) is 41.5 Å². The van der Waals surface area contributed by atoms with E-state index in [0.29, 0.717) is 12.8 Å². The van der Waals surface area contributed by atoms with Gasteiger partial charge in [0.25, 0.3) is 5.91 Å². The first-order chi connectivity index (χ1) is 21.7. The second-order valence-corrected chi connectivity index (χ2v) is 16.6. The standard InChI is InChI=1S/C33H44FN3O9S/c1-8-20-17-33(20,30(42)36-47(43,44)23-13-14-23)35-27(39)25-15-22(45-29(41)19-9-11-21(34)12-10-19)18-37(25)28(40)24(31(2,3)4)16-26(38)46-32(5,6)7/h8-12,20,22-25H,1,13-18H2,2-7H3,(H,35,39)(H,36,42)/t20-,22+,24-,25+,33-/m1/s1. The summed E-state index contributed by atoms with van der Waals surface area (Å²) in [5.41, 5.74) is -3.10. The molecule has 2 N–H and O–H groups in total. The molecule has 3 fully saturated rings. The molecule has 47 heavy (non-hydrogen) atoms. The van der Waals surface area contributed by atoms with Crippen LogP contribution in [0.3, 0.4) is 0 Å². The molecule has 1 aliphatic heterocycles. The molecular weight excluding hydrogens is 633 g/mol. The minimum atomic E-state index is -3.92. The second-order valence-electron chi connectivity index (χ2n) is 14.7. The average molecular weight is 678 g/mol. The summed E-state index contributed by atoms with van der Waals surface area (Å²) in [5, 5.41) is 2.02. The SMILES string of the molecule is C=C[C@@H]1C[C@]1(NC(=O)[C@@H]1C[C@H](OC(=O)c2ccc(F)cc2)CN1C(=O)[C@@H](CC(=O)OC(C)(C)C)C(C)(C)C)C(=O)NS(=O)(=O)C1CC1. The van der Waals surface area contributed by atoms with Gasteiger partial charge in [0.15, 0.2) is 0 Å². The van der Waals surface area contributed by atoms with E-state index >= 15 is 0 Å². The van der Waals surface area contributed by atoms with Crippen molar-refractivity contribution in [2.24, 2.45) is 17.3 Å². The van der Waals surface area contributed by atoms with Gasteiger partial charge < -0.3 is 19.7 Å². The van der Waals surface area contributed by atoms with Gasteiger partial charge >= 0.3 is 11.9 Å². The Balaban J connectivity index is 1.60. The van der Waals surface area contributed by atoms with Crippen molar-refractivity contribution in [3.63, 3.8) is 0 Å². The highest BCUT2D eigenvalue weighted by Gasteiger charge is 2.62. The van der Waals surface area contributed by atoms with Crippen LogP contribution in [0.2, 0.25) is 0 Å². The van der Waals surface area contributed by atoms with E-state index in [1.807, 2.05) is 0 Å². The Bertz CT molecular complexity index is 1540. The molecule has 14 heteroatoms. The Labute approximate surface area is 274 Å². The zero-order chi connectivity index (χ0) is 35.1. The molecule has 0 bridgehead atoms. The largest absolute Gasteiger partial charge is 0.460 e. The number of likely N-dealkylation sites (tertiary alicyclic amines) is 1. The molecule has 1 heterocycles. The Morgan fingerprint density at radius 1 is 1.09 bits per heavy atom. The molecule has 0 unspecified atom stereocenters. The van der Waals surface area contributed by atoms with E-state index < -0.39 is 91.3 Å². The third kappa shape index (κ3) is 8.57. The highest BCUT2D eigenvalue weighted by Crippen LogP contribution is 2.45. The molecule has 1 saturated heterocycles. The van der Waals surface area contributed by atoms with Gasteiger partial charge in [-0.25, -0.2) is 17.6 Å². The van der Waals surface area contributed by atoms with Gasteiger partial charge in [0.05, 0.1) is 29.7 Å². The van der Waals surface area contributed by atoms with E-state index in [-0.39, 0.29) is 31.4 Å². The van der Waals surface area contributed by atoms with Crippen molar-refractivity contribution in [1.82, 2.24) is 14.9 Å². The normalized spacial score (nSPS) is 24.9. The molecule has 4 rings (SSSR count). The third-order valence-corrected chi connectivity index (χ3v) is 10.4. The first-order valence-electron chi connectivity index (χ1n) is 15.7. The quantitative estimate of drug-likeness (QED) is 0.265. The van der Waals surface area contributed by atoms with E-state index in [0.717, 1.165) is 12.1 Å². The monoisotopic (exact) mass is 677 g/mol. The Kier molecular flexibility index (Phi) is 9.97. The second kappa shape index (κ2) is 13.0.